The summed E-state index contributed by atoms with van der Waals surface area (Å²) in [5.74, 6) is 0.0895. The zero-order valence-electron chi connectivity index (χ0n) is 17.9. The molecule has 0 radical (unpaired) electrons. The summed E-state index contributed by atoms with van der Waals surface area (Å²) >= 11 is 0. The second-order valence-electron chi connectivity index (χ2n) is 7.23. The third-order valence-corrected chi connectivity index (χ3v) is 4.69. The van der Waals surface area contributed by atoms with Crippen molar-refractivity contribution in [3.8, 4) is 11.3 Å². The molecule has 2 amide bonds. The topological polar surface area (TPSA) is 109 Å². The van der Waals surface area contributed by atoms with Crippen LogP contribution in [-0.4, -0.2) is 26.8 Å². The largest absolute Gasteiger partial charge is 0.346 e. The summed E-state index contributed by atoms with van der Waals surface area (Å²) in [7, 11) is 0. The number of carbonyl (C=O) groups excluding carboxylic acids is 2. The van der Waals surface area contributed by atoms with Crippen molar-refractivity contribution in [3.05, 3.63) is 96.4 Å². The Kier molecular flexibility index (Phi) is 6.65. The van der Waals surface area contributed by atoms with Gasteiger partial charge in [-0.25, -0.2) is 9.97 Å². The summed E-state index contributed by atoms with van der Waals surface area (Å²) < 4.78 is 0. The van der Waals surface area contributed by atoms with Crippen LogP contribution >= 0.6 is 0 Å². The number of anilines is 3. The van der Waals surface area contributed by atoms with Crippen molar-refractivity contribution in [1.29, 1.82) is 0 Å². The maximum atomic E-state index is 12.5. The van der Waals surface area contributed by atoms with Gasteiger partial charge < -0.3 is 16.0 Å². The minimum absolute atomic E-state index is 0.121. The van der Waals surface area contributed by atoms with E-state index in [1.54, 1.807) is 36.7 Å². The molecule has 2 aromatic heterocycles. The van der Waals surface area contributed by atoms with Crippen LogP contribution in [-0.2, 0) is 11.3 Å². The van der Waals surface area contributed by atoms with Gasteiger partial charge >= 0.3 is 0 Å². The number of pyridine rings is 1. The van der Waals surface area contributed by atoms with E-state index in [2.05, 4.69) is 30.9 Å². The zero-order valence-corrected chi connectivity index (χ0v) is 17.9. The van der Waals surface area contributed by atoms with E-state index in [4.69, 9.17) is 0 Å². The number of amides is 2. The van der Waals surface area contributed by atoms with Crippen LogP contribution in [0.4, 0.5) is 17.3 Å². The molecule has 8 heteroatoms. The summed E-state index contributed by atoms with van der Waals surface area (Å²) in [5.41, 5.74) is 4.33. The Hall–Kier alpha value is -4.59. The molecule has 0 saturated carbocycles. The highest BCUT2D eigenvalue weighted by Crippen LogP contribution is 2.22. The highest BCUT2D eigenvalue weighted by Gasteiger charge is 2.08. The van der Waals surface area contributed by atoms with Gasteiger partial charge in [-0.3, -0.25) is 14.6 Å². The van der Waals surface area contributed by atoms with Crippen LogP contribution in [0.5, 0.6) is 0 Å². The highest BCUT2D eigenvalue weighted by molar-refractivity contribution is 5.95. The molecular weight excluding hydrogens is 416 g/mol. The van der Waals surface area contributed by atoms with E-state index >= 15 is 0 Å². The van der Waals surface area contributed by atoms with Gasteiger partial charge in [0.2, 0.25) is 11.9 Å². The van der Waals surface area contributed by atoms with Crippen LogP contribution in [0.2, 0.25) is 0 Å². The first-order valence-electron chi connectivity index (χ1n) is 10.3. The molecule has 0 saturated heterocycles. The predicted molar refractivity (Wildman–Crippen MR) is 127 cm³/mol. The summed E-state index contributed by atoms with van der Waals surface area (Å²) in [6.45, 7) is 1.82. The Bertz CT molecular complexity index is 1260. The average molecular weight is 438 g/mol. The molecule has 0 aliphatic rings. The molecule has 0 aliphatic carbocycles. The van der Waals surface area contributed by atoms with Gasteiger partial charge in [0.1, 0.15) is 0 Å². The first kappa shape index (κ1) is 21.6. The minimum Gasteiger partial charge on any atom is -0.346 e. The molecule has 33 heavy (non-hydrogen) atoms. The molecule has 0 fully saturated rings. The van der Waals surface area contributed by atoms with Crippen molar-refractivity contribution in [3.63, 3.8) is 0 Å². The maximum absolute atomic E-state index is 12.5. The third kappa shape index (κ3) is 5.98. The first-order chi connectivity index (χ1) is 16.1. The molecule has 0 bridgehead atoms. The quantitative estimate of drug-likeness (QED) is 0.400. The molecule has 0 aliphatic heterocycles. The fraction of sp³-hybridized carbons (Fsp3) is 0.0800. The Balaban J connectivity index is 1.44. The van der Waals surface area contributed by atoms with Crippen LogP contribution in [0.1, 0.15) is 23.0 Å². The van der Waals surface area contributed by atoms with E-state index in [1.165, 1.54) is 6.92 Å². The summed E-state index contributed by atoms with van der Waals surface area (Å²) in [6, 6.07) is 21.9. The number of benzene rings is 2. The molecular formula is C25H22N6O2. The first-order valence-corrected chi connectivity index (χ1v) is 10.3. The van der Waals surface area contributed by atoms with Gasteiger partial charge in [-0.05, 0) is 48.5 Å². The van der Waals surface area contributed by atoms with Crippen LogP contribution in [0, 0.1) is 0 Å². The molecule has 0 atom stereocenters. The van der Waals surface area contributed by atoms with Gasteiger partial charge in [0.25, 0.3) is 5.91 Å². The molecule has 0 unspecified atom stereocenters. The van der Waals surface area contributed by atoms with Gasteiger partial charge in [0.05, 0.1) is 17.9 Å². The van der Waals surface area contributed by atoms with Crippen molar-refractivity contribution in [2.75, 3.05) is 10.6 Å². The van der Waals surface area contributed by atoms with Crippen molar-refractivity contribution in [2.45, 2.75) is 13.5 Å². The van der Waals surface area contributed by atoms with Crippen LogP contribution in [0.25, 0.3) is 11.3 Å². The number of carbonyl (C=O) groups is 2. The van der Waals surface area contributed by atoms with Crippen molar-refractivity contribution >= 4 is 29.1 Å². The van der Waals surface area contributed by atoms with Gasteiger partial charge in [-0.1, -0.05) is 24.3 Å². The second kappa shape index (κ2) is 10.1. The van der Waals surface area contributed by atoms with Crippen LogP contribution < -0.4 is 16.0 Å². The molecule has 4 aromatic rings. The third-order valence-electron chi connectivity index (χ3n) is 4.69. The Morgan fingerprint density at radius 2 is 1.70 bits per heavy atom. The number of aromatic nitrogens is 3. The van der Waals surface area contributed by atoms with Gasteiger partial charge in [0.15, 0.2) is 0 Å². The van der Waals surface area contributed by atoms with Gasteiger partial charge in [-0.2, -0.15) is 0 Å². The smallest absolute Gasteiger partial charge is 0.251 e. The second-order valence-corrected chi connectivity index (χ2v) is 7.23. The van der Waals surface area contributed by atoms with E-state index < -0.39 is 0 Å². The Labute approximate surface area is 191 Å². The van der Waals surface area contributed by atoms with Crippen molar-refractivity contribution < 1.29 is 9.59 Å². The average Bonchev–Trinajstić information content (AvgIpc) is 2.84. The van der Waals surface area contributed by atoms with Crippen molar-refractivity contribution in [2.24, 2.45) is 0 Å². The van der Waals surface area contributed by atoms with Crippen molar-refractivity contribution in [1.82, 2.24) is 20.3 Å². The Morgan fingerprint density at radius 1 is 0.848 bits per heavy atom. The zero-order chi connectivity index (χ0) is 23.0. The van der Waals surface area contributed by atoms with Crippen LogP contribution in [0.15, 0.2) is 85.2 Å². The monoisotopic (exact) mass is 438 g/mol. The normalized spacial score (nSPS) is 10.3. The number of nitrogens with zero attached hydrogens (tertiary/aromatic N) is 3. The number of nitrogens with one attached hydrogen (secondary N) is 3. The molecule has 3 N–H and O–H groups in total. The highest BCUT2D eigenvalue weighted by atomic mass is 16.2. The summed E-state index contributed by atoms with van der Waals surface area (Å²) in [6.07, 6.45) is 3.35. The van der Waals surface area contributed by atoms with E-state index in [-0.39, 0.29) is 11.8 Å². The minimum atomic E-state index is -0.196. The molecule has 2 aromatic carbocycles. The Morgan fingerprint density at radius 3 is 2.45 bits per heavy atom. The predicted octanol–water partition coefficient (Wildman–Crippen LogP) is 4.17. The molecule has 4 rings (SSSR count). The fourth-order valence-corrected chi connectivity index (χ4v) is 3.15. The van der Waals surface area contributed by atoms with E-state index in [9.17, 15) is 9.59 Å². The SMILES string of the molecule is CC(=O)Nc1ccc(-c2ccnc(Nc3cccc(C(=O)NCc4ccccn4)c3)n2)cc1. The lowest BCUT2D eigenvalue weighted by molar-refractivity contribution is -0.114. The molecule has 0 spiro atoms. The summed E-state index contributed by atoms with van der Waals surface area (Å²) in [5, 5.41) is 8.76. The number of hydrogen-bond acceptors (Lipinski definition) is 6. The van der Waals surface area contributed by atoms with Crippen LogP contribution in [0.3, 0.4) is 0 Å². The lowest BCUT2D eigenvalue weighted by atomic mass is 10.1. The number of rotatable bonds is 7. The number of hydrogen-bond donors (Lipinski definition) is 3. The van der Waals surface area contributed by atoms with Gasteiger partial charge in [-0.15, -0.1) is 0 Å². The lowest BCUT2D eigenvalue weighted by Crippen LogP contribution is -2.23. The molecule has 8 nitrogen and oxygen atoms in total. The van der Waals surface area contributed by atoms with E-state index in [0.29, 0.717) is 23.7 Å². The molecule has 164 valence electrons. The maximum Gasteiger partial charge on any atom is 0.251 e. The molecule has 2 heterocycles. The van der Waals surface area contributed by atoms with Gasteiger partial charge in [0, 0.05) is 41.8 Å². The lowest BCUT2D eigenvalue weighted by Gasteiger charge is -2.09. The van der Waals surface area contributed by atoms with E-state index in [0.717, 1.165) is 22.6 Å². The summed E-state index contributed by atoms with van der Waals surface area (Å²) in [4.78, 5) is 36.8. The van der Waals surface area contributed by atoms with E-state index in [1.807, 2.05) is 48.5 Å². The fourth-order valence-electron chi connectivity index (χ4n) is 3.15. The standard InChI is InChI=1S/C25H22N6O2/c1-17(32)29-20-10-8-18(9-11-20)23-12-14-27-25(31-23)30-21-7-4-5-19(15-21)24(33)28-16-22-6-2-3-13-26-22/h2-15H,16H2,1H3,(H,28,33)(H,29,32)(H,27,30,31).